The van der Waals surface area contributed by atoms with Crippen molar-refractivity contribution in [2.24, 2.45) is 0 Å². The summed E-state index contributed by atoms with van der Waals surface area (Å²) in [5, 5.41) is 0. The van der Waals surface area contributed by atoms with E-state index in [1.165, 1.54) is 0 Å². The fourth-order valence-corrected chi connectivity index (χ4v) is 2.26. The second-order valence-electron chi connectivity index (χ2n) is 4.19. The minimum atomic E-state index is -3.15. The highest BCUT2D eigenvalue weighted by Crippen LogP contribution is 2.18. The van der Waals surface area contributed by atoms with Crippen LogP contribution in [0.25, 0.3) is 5.65 Å². The topological polar surface area (TPSA) is 72.7 Å². The van der Waals surface area contributed by atoms with Crippen LogP contribution in [-0.2, 0) is 16.4 Å². The molecule has 0 atom stereocenters. The average Bonchev–Trinajstić information content (AvgIpc) is 2.71. The molecule has 0 aromatic carbocycles. The lowest BCUT2D eigenvalue weighted by molar-refractivity contribution is 0.342. The molecule has 0 unspecified atom stereocenters. The number of imidazole rings is 1. The molecule has 0 saturated heterocycles. The first-order valence-corrected chi connectivity index (χ1v) is 7.93. The summed E-state index contributed by atoms with van der Waals surface area (Å²) >= 11 is 0. The van der Waals surface area contributed by atoms with Crippen LogP contribution in [0.5, 0.6) is 5.75 Å². The number of rotatable bonds is 6. The van der Waals surface area contributed by atoms with E-state index in [1.54, 1.807) is 0 Å². The number of sulfonamides is 1. The van der Waals surface area contributed by atoms with E-state index >= 15 is 0 Å². The van der Waals surface area contributed by atoms with Crippen molar-refractivity contribution in [1.82, 2.24) is 14.1 Å². The van der Waals surface area contributed by atoms with Crippen molar-refractivity contribution < 1.29 is 13.2 Å². The van der Waals surface area contributed by atoms with E-state index in [9.17, 15) is 8.42 Å². The maximum atomic E-state index is 11.0. The Morgan fingerprint density at radius 3 is 2.95 bits per heavy atom. The van der Waals surface area contributed by atoms with Gasteiger partial charge in [0.05, 0.1) is 18.6 Å². The molecule has 2 rings (SSSR count). The lowest BCUT2D eigenvalue weighted by Gasteiger charge is -2.03. The van der Waals surface area contributed by atoms with Gasteiger partial charge < -0.3 is 9.14 Å². The van der Waals surface area contributed by atoms with Crippen LogP contribution < -0.4 is 9.46 Å². The quantitative estimate of drug-likeness (QED) is 0.852. The minimum Gasteiger partial charge on any atom is -0.490 e. The van der Waals surface area contributed by atoms with Gasteiger partial charge in [-0.1, -0.05) is 0 Å². The summed E-state index contributed by atoms with van der Waals surface area (Å²) in [6.45, 7) is 2.84. The third-order valence-corrected chi connectivity index (χ3v) is 3.27. The molecular formula is C12H17N3O3S. The van der Waals surface area contributed by atoms with Crippen molar-refractivity contribution >= 4 is 15.7 Å². The number of hydrogen-bond acceptors (Lipinski definition) is 4. The van der Waals surface area contributed by atoms with Crippen LogP contribution in [-0.4, -0.2) is 37.2 Å². The second kappa shape index (κ2) is 5.58. The Labute approximate surface area is 112 Å². The van der Waals surface area contributed by atoms with Crippen LogP contribution in [0, 0.1) is 0 Å². The van der Waals surface area contributed by atoms with Crippen molar-refractivity contribution in [1.29, 1.82) is 0 Å². The molecule has 104 valence electrons. The van der Waals surface area contributed by atoms with Crippen molar-refractivity contribution in [2.45, 2.75) is 13.3 Å². The fraction of sp³-hybridized carbons (Fsp3) is 0.417. The van der Waals surface area contributed by atoms with Gasteiger partial charge in [-0.25, -0.2) is 18.1 Å². The Hall–Kier alpha value is -1.60. The van der Waals surface area contributed by atoms with Crippen LogP contribution in [0.4, 0.5) is 0 Å². The molecule has 19 heavy (non-hydrogen) atoms. The highest BCUT2D eigenvalue weighted by Gasteiger charge is 2.07. The zero-order valence-corrected chi connectivity index (χ0v) is 11.8. The number of pyridine rings is 1. The molecule has 1 N–H and O–H groups in total. The highest BCUT2D eigenvalue weighted by molar-refractivity contribution is 7.88. The summed E-state index contributed by atoms with van der Waals surface area (Å²) in [5.74, 6) is 0.729. The number of fused-ring (bicyclic) bond motifs is 1. The smallest absolute Gasteiger partial charge is 0.208 e. The average molecular weight is 283 g/mol. The van der Waals surface area contributed by atoms with Crippen LogP contribution >= 0.6 is 0 Å². The molecule has 0 fully saturated rings. The number of nitrogens with one attached hydrogen (secondary N) is 1. The summed E-state index contributed by atoms with van der Waals surface area (Å²) < 4.78 is 31.8. The Balaban J connectivity index is 2.15. The first-order valence-electron chi connectivity index (χ1n) is 6.03. The minimum absolute atomic E-state index is 0.340. The number of nitrogens with zero attached hydrogens (tertiary/aromatic N) is 2. The lowest BCUT2D eigenvalue weighted by Crippen LogP contribution is -2.24. The van der Waals surface area contributed by atoms with Gasteiger partial charge in [0.15, 0.2) is 11.4 Å². The van der Waals surface area contributed by atoms with Gasteiger partial charge in [0, 0.05) is 25.4 Å². The second-order valence-corrected chi connectivity index (χ2v) is 6.02. The van der Waals surface area contributed by atoms with E-state index in [0.29, 0.717) is 19.6 Å². The summed E-state index contributed by atoms with van der Waals surface area (Å²) in [7, 11) is -3.15. The van der Waals surface area contributed by atoms with Gasteiger partial charge in [0.2, 0.25) is 10.0 Å². The van der Waals surface area contributed by atoms with Crippen molar-refractivity contribution in [3.05, 3.63) is 30.2 Å². The molecular weight excluding hydrogens is 266 g/mol. The maximum Gasteiger partial charge on any atom is 0.208 e. The molecule has 7 heteroatoms. The molecule has 0 radical (unpaired) electrons. The van der Waals surface area contributed by atoms with E-state index in [-0.39, 0.29) is 0 Å². The van der Waals surface area contributed by atoms with Crippen LogP contribution in [0.15, 0.2) is 24.5 Å². The van der Waals surface area contributed by atoms with Gasteiger partial charge in [0.1, 0.15) is 0 Å². The Morgan fingerprint density at radius 2 is 2.26 bits per heavy atom. The molecule has 2 heterocycles. The molecule has 2 aromatic rings. The fourth-order valence-electron chi connectivity index (χ4n) is 1.79. The van der Waals surface area contributed by atoms with E-state index in [0.717, 1.165) is 23.3 Å². The van der Waals surface area contributed by atoms with Gasteiger partial charge in [-0.15, -0.1) is 0 Å². The standard InChI is InChI=1S/C12H17N3O3S/c1-3-18-11-5-4-8-15-9-10(14-12(11)15)6-7-13-19(2,16)17/h4-5,8-9,13H,3,6-7H2,1-2H3. The third kappa shape index (κ3) is 3.68. The van der Waals surface area contributed by atoms with Gasteiger partial charge in [0.25, 0.3) is 0 Å². The van der Waals surface area contributed by atoms with Crippen molar-refractivity contribution in [3.8, 4) is 5.75 Å². The molecule has 2 aromatic heterocycles. The van der Waals surface area contributed by atoms with Gasteiger partial charge >= 0.3 is 0 Å². The summed E-state index contributed by atoms with van der Waals surface area (Å²) in [6.07, 6.45) is 5.45. The van der Waals surface area contributed by atoms with E-state index < -0.39 is 10.0 Å². The first kappa shape index (κ1) is 13.8. The monoisotopic (exact) mass is 283 g/mol. The third-order valence-electron chi connectivity index (χ3n) is 2.54. The molecule has 0 aliphatic heterocycles. The Kier molecular flexibility index (Phi) is 4.06. The number of ether oxygens (including phenoxy) is 1. The molecule has 6 nitrogen and oxygen atoms in total. The Bertz CT molecular complexity index is 664. The van der Waals surface area contributed by atoms with Gasteiger partial charge in [-0.2, -0.15) is 0 Å². The molecule has 0 spiro atoms. The molecule has 0 amide bonds. The molecule has 0 aliphatic rings. The van der Waals surface area contributed by atoms with Crippen LogP contribution in [0.1, 0.15) is 12.6 Å². The molecule has 0 aliphatic carbocycles. The summed E-state index contributed by atoms with van der Waals surface area (Å²) in [6, 6.07) is 3.75. The zero-order chi connectivity index (χ0) is 13.9. The maximum absolute atomic E-state index is 11.0. The summed E-state index contributed by atoms with van der Waals surface area (Å²) in [5.41, 5.74) is 1.57. The van der Waals surface area contributed by atoms with Crippen LogP contribution in [0.3, 0.4) is 0 Å². The van der Waals surface area contributed by atoms with E-state index in [1.807, 2.05) is 35.9 Å². The van der Waals surface area contributed by atoms with Crippen molar-refractivity contribution in [2.75, 3.05) is 19.4 Å². The predicted molar refractivity (Wildman–Crippen MR) is 72.9 cm³/mol. The van der Waals surface area contributed by atoms with Gasteiger partial charge in [-0.3, -0.25) is 0 Å². The van der Waals surface area contributed by atoms with E-state index in [4.69, 9.17) is 4.74 Å². The first-order chi connectivity index (χ1) is 8.99. The molecule has 0 saturated carbocycles. The van der Waals surface area contributed by atoms with Crippen LogP contribution in [0.2, 0.25) is 0 Å². The summed E-state index contributed by atoms with van der Waals surface area (Å²) in [4.78, 5) is 4.45. The number of aromatic nitrogens is 2. The Morgan fingerprint density at radius 1 is 1.47 bits per heavy atom. The highest BCUT2D eigenvalue weighted by atomic mass is 32.2. The van der Waals surface area contributed by atoms with Crippen molar-refractivity contribution in [3.63, 3.8) is 0 Å². The SMILES string of the molecule is CCOc1cccn2cc(CCNS(C)(=O)=O)nc12. The number of hydrogen-bond donors (Lipinski definition) is 1. The predicted octanol–water partition coefficient (Wildman–Crippen LogP) is 0.825. The molecule has 0 bridgehead atoms. The lowest BCUT2D eigenvalue weighted by atomic mass is 10.3. The largest absolute Gasteiger partial charge is 0.490 e. The van der Waals surface area contributed by atoms with E-state index in [2.05, 4.69) is 9.71 Å². The normalized spacial score (nSPS) is 11.9. The van der Waals surface area contributed by atoms with Gasteiger partial charge in [-0.05, 0) is 19.1 Å². The zero-order valence-electron chi connectivity index (χ0n) is 11.0.